The lowest BCUT2D eigenvalue weighted by Crippen LogP contribution is -2.47. The number of allylic oxidation sites excluding steroid dienone is 1. The molecule has 0 fully saturated rings. The van der Waals surface area contributed by atoms with Gasteiger partial charge in [-0.3, -0.25) is 4.79 Å². The first-order valence-corrected chi connectivity index (χ1v) is 8.25. The first kappa shape index (κ1) is 15.0. The molecule has 1 aliphatic carbocycles. The third-order valence-corrected chi connectivity index (χ3v) is 5.33. The van der Waals surface area contributed by atoms with Gasteiger partial charge in [0.15, 0.2) is 0 Å². The molecule has 0 aromatic heterocycles. The van der Waals surface area contributed by atoms with E-state index in [1.54, 1.807) is 6.92 Å². The molecule has 1 aromatic carbocycles. The quantitative estimate of drug-likeness (QED) is 0.910. The van der Waals surface area contributed by atoms with Gasteiger partial charge >= 0.3 is 0 Å². The second-order valence-corrected chi connectivity index (χ2v) is 6.96. The fourth-order valence-electron chi connectivity index (χ4n) is 2.91. The molecule has 0 bridgehead atoms. The lowest BCUT2D eigenvalue weighted by molar-refractivity contribution is -0.116. The number of rotatable bonds is 2. The van der Waals surface area contributed by atoms with Crippen LogP contribution in [0.5, 0.6) is 0 Å². The summed E-state index contributed by atoms with van der Waals surface area (Å²) in [6.45, 7) is 1.64. The van der Waals surface area contributed by atoms with E-state index < -0.39 is 0 Å². The van der Waals surface area contributed by atoms with Crippen molar-refractivity contribution in [2.45, 2.75) is 23.1 Å². The Morgan fingerprint density at radius 1 is 1.36 bits per heavy atom. The number of carbonyl (C=O) groups excluding carboxylic acids is 1. The van der Waals surface area contributed by atoms with E-state index in [-0.39, 0.29) is 17.2 Å². The first-order valence-electron chi connectivity index (χ1n) is 7.37. The summed E-state index contributed by atoms with van der Waals surface area (Å²) in [7, 11) is 5.99. The molecule has 4 nitrogen and oxygen atoms in total. The van der Waals surface area contributed by atoms with E-state index in [0.29, 0.717) is 0 Å². The van der Waals surface area contributed by atoms with Gasteiger partial charge in [0, 0.05) is 44.3 Å². The number of carbonyl (C=O) groups is 1. The van der Waals surface area contributed by atoms with Crippen LogP contribution >= 0.6 is 11.8 Å². The first-order chi connectivity index (χ1) is 10.5. The fourth-order valence-corrected chi connectivity index (χ4v) is 4.25. The molecule has 0 spiro atoms. The maximum absolute atomic E-state index is 12.2. The Morgan fingerprint density at radius 3 is 2.77 bits per heavy atom. The molecule has 1 amide bonds. The van der Waals surface area contributed by atoms with Crippen molar-refractivity contribution in [2.75, 3.05) is 31.4 Å². The maximum atomic E-state index is 12.2. The Hall–Kier alpha value is -1.88. The highest BCUT2D eigenvalue weighted by Crippen LogP contribution is 2.45. The molecule has 3 rings (SSSR count). The molecule has 1 aromatic rings. The number of anilines is 2. The fraction of sp³-hybridized carbons (Fsp3) is 0.353. The highest BCUT2D eigenvalue weighted by Gasteiger charge is 2.36. The topological polar surface area (TPSA) is 35.6 Å². The zero-order chi connectivity index (χ0) is 15.9. The van der Waals surface area contributed by atoms with Gasteiger partial charge in [-0.15, -0.1) is 11.8 Å². The smallest absolute Gasteiger partial charge is 0.224 e. The molecule has 22 heavy (non-hydrogen) atoms. The number of fused-ring (bicyclic) bond motifs is 2. The van der Waals surface area contributed by atoms with Crippen LogP contribution in [0.3, 0.4) is 0 Å². The van der Waals surface area contributed by atoms with Crippen LogP contribution < -0.4 is 10.2 Å². The van der Waals surface area contributed by atoms with Crippen molar-refractivity contribution in [2.24, 2.45) is 0 Å². The Morgan fingerprint density at radius 2 is 2.14 bits per heavy atom. The van der Waals surface area contributed by atoms with Gasteiger partial charge < -0.3 is 15.1 Å². The molecule has 0 radical (unpaired) electrons. The van der Waals surface area contributed by atoms with Crippen LogP contribution in [0.1, 0.15) is 6.92 Å². The van der Waals surface area contributed by atoms with E-state index in [1.165, 1.54) is 5.70 Å². The Labute approximate surface area is 135 Å². The van der Waals surface area contributed by atoms with Gasteiger partial charge in [0.25, 0.3) is 0 Å². The number of hydrogen-bond acceptors (Lipinski definition) is 4. The second kappa shape index (κ2) is 5.72. The van der Waals surface area contributed by atoms with Crippen LogP contribution in [0.4, 0.5) is 11.4 Å². The normalized spacial score (nSPS) is 22.5. The summed E-state index contributed by atoms with van der Waals surface area (Å²) < 4.78 is 0. The summed E-state index contributed by atoms with van der Waals surface area (Å²) in [5, 5.41) is 3.41. The van der Waals surface area contributed by atoms with Crippen LogP contribution in [-0.4, -0.2) is 43.2 Å². The SMILES string of the molecule is CNc1ccc2c(c1)SC1C=C(N(C)C)C=CC1N2C(C)=O. The predicted octanol–water partition coefficient (Wildman–Crippen LogP) is 2.94. The zero-order valence-corrected chi connectivity index (χ0v) is 14.1. The number of likely N-dealkylation sites (N-methyl/N-ethyl adjacent to an activating group) is 1. The van der Waals surface area contributed by atoms with E-state index in [1.807, 2.05) is 49.9 Å². The summed E-state index contributed by atoms with van der Waals surface area (Å²) >= 11 is 1.82. The number of nitrogens with zero attached hydrogens (tertiary/aromatic N) is 2. The van der Waals surface area contributed by atoms with Crippen LogP contribution in [0, 0.1) is 0 Å². The van der Waals surface area contributed by atoms with Gasteiger partial charge in [0.2, 0.25) is 5.91 Å². The molecule has 1 heterocycles. The molecule has 116 valence electrons. The number of nitrogens with one attached hydrogen (secondary N) is 1. The summed E-state index contributed by atoms with van der Waals surface area (Å²) in [4.78, 5) is 17.4. The second-order valence-electron chi connectivity index (χ2n) is 5.74. The molecule has 2 aliphatic rings. The molecular formula is C17H21N3OS. The average molecular weight is 315 g/mol. The van der Waals surface area contributed by atoms with Gasteiger partial charge in [-0.25, -0.2) is 0 Å². The number of hydrogen-bond donors (Lipinski definition) is 1. The molecule has 1 aliphatic heterocycles. The standard InChI is InChI=1S/C17H21N3OS/c1-11(21)20-14-7-5-12(18-2)9-16(14)22-17-10-13(19(3)4)6-8-15(17)20/h5-10,15,17-18H,1-4H3. The zero-order valence-electron chi connectivity index (χ0n) is 13.3. The van der Waals surface area contributed by atoms with Crippen molar-refractivity contribution in [1.82, 2.24) is 4.90 Å². The Bertz CT molecular complexity index is 666. The summed E-state index contributed by atoms with van der Waals surface area (Å²) in [6, 6.07) is 6.25. The summed E-state index contributed by atoms with van der Waals surface area (Å²) in [5.41, 5.74) is 3.26. The largest absolute Gasteiger partial charge is 0.388 e. The molecule has 2 unspecified atom stereocenters. The van der Waals surface area contributed by atoms with Crippen molar-refractivity contribution >= 4 is 29.0 Å². The van der Waals surface area contributed by atoms with Crippen molar-refractivity contribution in [3.63, 3.8) is 0 Å². The monoisotopic (exact) mass is 315 g/mol. The van der Waals surface area contributed by atoms with Crippen LogP contribution in [0.25, 0.3) is 0 Å². The van der Waals surface area contributed by atoms with E-state index in [9.17, 15) is 4.79 Å². The summed E-state index contributed by atoms with van der Waals surface area (Å²) in [5.74, 6) is 0.0834. The molecular weight excluding hydrogens is 294 g/mol. The van der Waals surface area contributed by atoms with E-state index >= 15 is 0 Å². The predicted molar refractivity (Wildman–Crippen MR) is 93.5 cm³/mol. The number of thioether (sulfide) groups is 1. The molecule has 2 atom stereocenters. The number of amides is 1. The van der Waals surface area contributed by atoms with E-state index in [0.717, 1.165) is 16.3 Å². The summed E-state index contributed by atoms with van der Waals surface area (Å²) in [6.07, 6.45) is 6.49. The molecule has 1 N–H and O–H groups in total. The molecule has 0 saturated heterocycles. The van der Waals surface area contributed by atoms with Gasteiger partial charge in [-0.2, -0.15) is 0 Å². The lowest BCUT2D eigenvalue weighted by atomic mass is 10.0. The van der Waals surface area contributed by atoms with Crippen molar-refractivity contribution in [3.8, 4) is 0 Å². The third kappa shape index (κ3) is 2.50. The maximum Gasteiger partial charge on any atom is 0.224 e. The average Bonchev–Trinajstić information content (AvgIpc) is 2.50. The highest BCUT2D eigenvalue weighted by molar-refractivity contribution is 8.00. The Kier molecular flexibility index (Phi) is 3.91. The van der Waals surface area contributed by atoms with Crippen molar-refractivity contribution in [3.05, 3.63) is 42.1 Å². The van der Waals surface area contributed by atoms with Gasteiger partial charge in [0.1, 0.15) is 0 Å². The van der Waals surface area contributed by atoms with Crippen LogP contribution in [0.15, 0.2) is 47.0 Å². The van der Waals surface area contributed by atoms with E-state index in [2.05, 4.69) is 34.5 Å². The molecule has 5 heteroatoms. The van der Waals surface area contributed by atoms with Gasteiger partial charge in [-0.1, -0.05) is 6.08 Å². The third-order valence-electron chi connectivity index (χ3n) is 4.06. The van der Waals surface area contributed by atoms with Crippen molar-refractivity contribution < 1.29 is 4.79 Å². The van der Waals surface area contributed by atoms with Gasteiger partial charge in [-0.05, 0) is 30.4 Å². The van der Waals surface area contributed by atoms with Crippen LogP contribution in [-0.2, 0) is 4.79 Å². The Balaban J connectivity index is 2.06. The lowest BCUT2D eigenvalue weighted by Gasteiger charge is -2.41. The van der Waals surface area contributed by atoms with Gasteiger partial charge in [0.05, 0.1) is 17.0 Å². The molecule has 0 saturated carbocycles. The van der Waals surface area contributed by atoms with Crippen molar-refractivity contribution in [1.29, 1.82) is 0 Å². The van der Waals surface area contributed by atoms with Crippen LogP contribution in [0.2, 0.25) is 0 Å². The highest BCUT2D eigenvalue weighted by atomic mass is 32.2. The minimum absolute atomic E-state index is 0.0825. The minimum atomic E-state index is 0.0825. The number of benzene rings is 1. The van der Waals surface area contributed by atoms with E-state index in [4.69, 9.17) is 0 Å². The minimum Gasteiger partial charge on any atom is -0.388 e.